The first-order valence-electron chi connectivity index (χ1n) is 10.5. The molecule has 1 fully saturated rings. The first kappa shape index (κ1) is 22.4. The van der Waals surface area contributed by atoms with Crippen LogP contribution in [0.25, 0.3) is 11.3 Å². The molecule has 4 rings (SSSR count). The highest BCUT2D eigenvalue weighted by Crippen LogP contribution is 2.25. The second-order valence-electron chi connectivity index (χ2n) is 7.64. The van der Waals surface area contributed by atoms with Gasteiger partial charge in [-0.15, -0.1) is 0 Å². The van der Waals surface area contributed by atoms with Crippen LogP contribution >= 0.6 is 11.6 Å². The Hall–Kier alpha value is -2.81. The smallest absolute Gasteiger partial charge is 0.251 e. The molecule has 0 saturated carbocycles. The van der Waals surface area contributed by atoms with Crippen LogP contribution < -0.4 is 10.9 Å². The molecule has 1 saturated heterocycles. The summed E-state index contributed by atoms with van der Waals surface area (Å²) in [6.45, 7) is 0.461. The van der Waals surface area contributed by atoms with Crippen molar-refractivity contribution in [1.82, 2.24) is 14.5 Å². The predicted octanol–water partition coefficient (Wildman–Crippen LogP) is 3.47. The van der Waals surface area contributed by atoms with Gasteiger partial charge < -0.3 is 19.7 Å². The van der Waals surface area contributed by atoms with E-state index in [0.29, 0.717) is 41.7 Å². The summed E-state index contributed by atoms with van der Waals surface area (Å²) < 4.78 is 20.7. The Morgan fingerprint density at radius 1 is 1.31 bits per heavy atom. The number of pyridine rings is 1. The topological polar surface area (TPSA) is 89.3 Å². The van der Waals surface area contributed by atoms with Crippen LogP contribution in [0, 0.1) is 0 Å². The van der Waals surface area contributed by atoms with Gasteiger partial charge in [-0.05, 0) is 42.7 Å². The van der Waals surface area contributed by atoms with Gasteiger partial charge in [0.25, 0.3) is 5.56 Å². The Labute approximate surface area is 189 Å². The molecule has 0 radical (unpaired) electrons. The molecule has 168 valence electrons. The van der Waals surface area contributed by atoms with Crippen LogP contribution in [0.1, 0.15) is 24.4 Å². The third-order valence-corrected chi connectivity index (χ3v) is 5.71. The van der Waals surface area contributed by atoms with Gasteiger partial charge >= 0.3 is 0 Å². The molecule has 0 bridgehead atoms. The van der Waals surface area contributed by atoms with E-state index in [-0.39, 0.29) is 24.8 Å². The van der Waals surface area contributed by atoms with E-state index in [2.05, 4.69) is 15.3 Å². The molecule has 3 atom stereocenters. The van der Waals surface area contributed by atoms with E-state index >= 15 is 0 Å². The van der Waals surface area contributed by atoms with Crippen LogP contribution in [0.4, 0.5) is 10.3 Å². The fourth-order valence-corrected chi connectivity index (χ4v) is 4.03. The minimum Gasteiger partial charge on any atom is -0.396 e. The molecular weight excluding hydrogens is 435 g/mol. The number of ether oxygens (including phenoxy) is 1. The number of aliphatic hydroxyl groups excluding tert-OH is 1. The van der Waals surface area contributed by atoms with Gasteiger partial charge in [0.2, 0.25) is 5.95 Å². The van der Waals surface area contributed by atoms with Crippen molar-refractivity contribution in [1.29, 1.82) is 0 Å². The van der Waals surface area contributed by atoms with E-state index in [9.17, 15) is 14.3 Å². The number of halogens is 2. The molecule has 2 N–H and O–H groups in total. The first-order chi connectivity index (χ1) is 15.5. The Balaban J connectivity index is 1.59. The largest absolute Gasteiger partial charge is 0.396 e. The van der Waals surface area contributed by atoms with E-state index in [1.807, 2.05) is 12.1 Å². The van der Waals surface area contributed by atoms with Gasteiger partial charge in [0.15, 0.2) is 0 Å². The Kier molecular flexibility index (Phi) is 7.14. The van der Waals surface area contributed by atoms with E-state index in [1.165, 1.54) is 6.07 Å². The quantitative estimate of drug-likeness (QED) is 0.563. The zero-order valence-corrected chi connectivity index (χ0v) is 18.1. The maximum absolute atomic E-state index is 14.0. The average Bonchev–Trinajstić information content (AvgIpc) is 2.79. The summed E-state index contributed by atoms with van der Waals surface area (Å²) in [6.07, 6.45) is 3.03. The maximum Gasteiger partial charge on any atom is 0.251 e. The van der Waals surface area contributed by atoms with Crippen LogP contribution in [0.5, 0.6) is 0 Å². The molecule has 7 nitrogen and oxygen atoms in total. The lowest BCUT2D eigenvalue weighted by Crippen LogP contribution is -2.39. The van der Waals surface area contributed by atoms with E-state index in [4.69, 9.17) is 16.3 Å². The number of nitrogens with zero attached hydrogens (tertiary/aromatic N) is 3. The lowest BCUT2D eigenvalue weighted by molar-refractivity contribution is 0.0284. The van der Waals surface area contributed by atoms with Crippen molar-refractivity contribution in [3.05, 3.63) is 75.8 Å². The third-order valence-electron chi connectivity index (χ3n) is 5.47. The second-order valence-corrected chi connectivity index (χ2v) is 8.08. The van der Waals surface area contributed by atoms with Crippen molar-refractivity contribution in [3.63, 3.8) is 0 Å². The number of aliphatic hydroxyl groups is 1. The fraction of sp³-hybridized carbons (Fsp3) is 0.348. The summed E-state index contributed by atoms with van der Waals surface area (Å²) in [5.41, 5.74) is 1.78. The van der Waals surface area contributed by atoms with Crippen LogP contribution in [0.15, 0.2) is 59.7 Å². The van der Waals surface area contributed by atoms with Crippen molar-refractivity contribution >= 4 is 17.5 Å². The van der Waals surface area contributed by atoms with Crippen LogP contribution in [-0.4, -0.2) is 51.7 Å². The molecule has 0 aliphatic carbocycles. The highest BCUT2D eigenvalue weighted by Gasteiger charge is 2.26. The summed E-state index contributed by atoms with van der Waals surface area (Å²) in [5.74, 6) is 0.304. The third kappa shape index (κ3) is 5.15. The van der Waals surface area contributed by atoms with Crippen LogP contribution in [0.3, 0.4) is 0 Å². The minimum absolute atomic E-state index is 0.0528. The molecule has 1 aliphatic heterocycles. The molecule has 32 heavy (non-hydrogen) atoms. The van der Waals surface area contributed by atoms with Gasteiger partial charge in [-0.1, -0.05) is 23.7 Å². The van der Waals surface area contributed by atoms with Gasteiger partial charge in [-0.25, -0.2) is 14.4 Å². The summed E-state index contributed by atoms with van der Waals surface area (Å²) >= 11 is 6.11. The highest BCUT2D eigenvalue weighted by atomic mass is 35.5. The number of aromatic nitrogens is 3. The molecule has 1 aromatic carbocycles. The molecule has 0 amide bonds. The van der Waals surface area contributed by atoms with E-state index < -0.39 is 12.2 Å². The van der Waals surface area contributed by atoms with Gasteiger partial charge in [0.05, 0.1) is 24.4 Å². The molecule has 1 aliphatic rings. The number of benzene rings is 1. The van der Waals surface area contributed by atoms with E-state index in [1.54, 1.807) is 41.2 Å². The second kappa shape index (κ2) is 10.2. The van der Waals surface area contributed by atoms with Gasteiger partial charge in [0.1, 0.15) is 6.17 Å². The molecule has 3 heterocycles. The normalized spacial score (nSPS) is 19.5. The molecule has 3 aromatic rings. The predicted molar refractivity (Wildman–Crippen MR) is 121 cm³/mol. The minimum atomic E-state index is -1.13. The van der Waals surface area contributed by atoms with Crippen LogP contribution in [-0.2, 0) is 4.74 Å². The van der Waals surface area contributed by atoms with E-state index in [0.717, 1.165) is 5.56 Å². The summed E-state index contributed by atoms with van der Waals surface area (Å²) in [4.78, 5) is 21.6. The maximum atomic E-state index is 14.0. The Morgan fingerprint density at radius 2 is 2.19 bits per heavy atom. The average molecular weight is 459 g/mol. The van der Waals surface area contributed by atoms with Crippen LogP contribution in [0.2, 0.25) is 5.02 Å². The van der Waals surface area contributed by atoms with Gasteiger partial charge in [0, 0.05) is 42.3 Å². The highest BCUT2D eigenvalue weighted by molar-refractivity contribution is 6.30. The zero-order chi connectivity index (χ0) is 22.5. The zero-order valence-electron chi connectivity index (χ0n) is 17.3. The molecule has 2 aromatic heterocycles. The Bertz CT molecular complexity index is 1130. The SMILES string of the molecule is O=c1cc(-c2ccnc(N[C@H]3CCOC[C@H]3F)n2)ccn1[C@H](CCO)c1cccc(Cl)c1. The molecular formula is C23H24ClFN4O3. The number of nitrogens with one attached hydrogen (secondary N) is 1. The monoisotopic (exact) mass is 458 g/mol. The van der Waals surface area contributed by atoms with Crippen molar-refractivity contribution in [2.75, 3.05) is 25.1 Å². The molecule has 0 unspecified atom stereocenters. The lowest BCUT2D eigenvalue weighted by atomic mass is 10.0. The number of anilines is 1. The van der Waals surface area contributed by atoms with Crippen molar-refractivity contribution in [2.24, 2.45) is 0 Å². The summed E-state index contributed by atoms with van der Waals surface area (Å²) in [7, 11) is 0. The van der Waals surface area contributed by atoms with Crippen molar-refractivity contribution in [3.8, 4) is 11.3 Å². The van der Waals surface area contributed by atoms with Crippen molar-refractivity contribution < 1.29 is 14.2 Å². The summed E-state index contributed by atoms with van der Waals surface area (Å²) in [6, 6.07) is 11.5. The number of hydrogen-bond donors (Lipinski definition) is 2. The summed E-state index contributed by atoms with van der Waals surface area (Å²) in [5, 5.41) is 13.1. The Morgan fingerprint density at radius 3 is 2.94 bits per heavy atom. The molecule has 9 heteroatoms. The number of hydrogen-bond acceptors (Lipinski definition) is 6. The first-order valence-corrected chi connectivity index (χ1v) is 10.8. The standard InChI is InChI=1S/C23H24ClFN4O3/c24-17-3-1-2-16(12-17)21(6-10-30)29-9-5-15(13-22(29)31)19-4-8-26-23(27-19)28-20-7-11-32-14-18(20)25/h1-5,8-9,12-13,18,20-21,30H,6-7,10-11,14H2,(H,26,27,28)/t18-,20+,21-/m1/s1. The van der Waals surface area contributed by atoms with Gasteiger partial charge in [-0.2, -0.15) is 0 Å². The lowest BCUT2D eigenvalue weighted by Gasteiger charge is -2.26. The number of rotatable bonds is 7. The fourth-order valence-electron chi connectivity index (χ4n) is 3.83. The number of alkyl halides is 1. The molecule has 0 spiro atoms. The van der Waals surface area contributed by atoms with Gasteiger partial charge in [-0.3, -0.25) is 4.79 Å². The van der Waals surface area contributed by atoms with Crippen molar-refractivity contribution in [2.45, 2.75) is 31.1 Å².